The number of benzene rings is 2. The van der Waals surface area contributed by atoms with E-state index in [1.165, 1.54) is 0 Å². The summed E-state index contributed by atoms with van der Waals surface area (Å²) in [7, 11) is 0. The van der Waals surface area contributed by atoms with Gasteiger partial charge in [-0.05, 0) is 31.2 Å². The Labute approximate surface area is 144 Å². The third-order valence-corrected chi connectivity index (χ3v) is 3.88. The first-order valence-electron chi connectivity index (χ1n) is 7.84. The summed E-state index contributed by atoms with van der Waals surface area (Å²) >= 11 is 0. The topological polar surface area (TPSA) is 72.2 Å². The average molecular weight is 329 g/mol. The third kappa shape index (κ3) is 3.10. The Balaban J connectivity index is 1.60. The minimum absolute atomic E-state index is 0.141. The third-order valence-electron chi connectivity index (χ3n) is 3.88. The molecule has 122 valence electrons. The van der Waals surface area contributed by atoms with Crippen molar-refractivity contribution in [1.29, 1.82) is 0 Å². The quantitative estimate of drug-likeness (QED) is 0.625. The Kier molecular flexibility index (Phi) is 3.70. The van der Waals surface area contributed by atoms with Gasteiger partial charge in [0.2, 0.25) is 0 Å². The number of nitrogens with zero attached hydrogens (tertiary/aromatic N) is 4. The maximum atomic E-state index is 12.4. The van der Waals surface area contributed by atoms with Crippen LogP contribution >= 0.6 is 0 Å². The molecule has 2 aromatic carbocycles. The van der Waals surface area contributed by atoms with Crippen molar-refractivity contribution in [3.63, 3.8) is 0 Å². The highest BCUT2D eigenvalue weighted by Gasteiger charge is 2.09. The molecular weight excluding hydrogens is 314 g/mol. The molecule has 0 unspecified atom stereocenters. The summed E-state index contributed by atoms with van der Waals surface area (Å²) in [5, 5.41) is 10.7. The van der Waals surface area contributed by atoms with Crippen LogP contribution in [-0.2, 0) is 0 Å². The van der Waals surface area contributed by atoms with E-state index in [1.54, 1.807) is 16.8 Å². The fourth-order valence-corrected chi connectivity index (χ4v) is 2.56. The summed E-state index contributed by atoms with van der Waals surface area (Å²) in [6.07, 6.45) is 5.28. The van der Waals surface area contributed by atoms with Crippen LogP contribution in [0.2, 0.25) is 0 Å². The zero-order valence-electron chi connectivity index (χ0n) is 13.5. The van der Waals surface area contributed by atoms with Crippen molar-refractivity contribution in [3.8, 4) is 11.3 Å². The molecule has 1 amide bonds. The highest BCUT2D eigenvalue weighted by atomic mass is 16.1. The highest BCUT2D eigenvalue weighted by Crippen LogP contribution is 2.22. The molecule has 6 nitrogen and oxygen atoms in total. The van der Waals surface area contributed by atoms with Crippen LogP contribution in [0.15, 0.2) is 67.1 Å². The standard InChI is InChI=1S/C19H15N5O/c1-13-5-7-14(8-6-13)18(25)21-16-4-2-3-15(11-16)17-12-24-10-9-20-23-19(24)22-17/h2-12H,1H3,(H,21,25). The molecule has 4 rings (SSSR count). The van der Waals surface area contributed by atoms with Gasteiger partial charge in [-0.25, -0.2) is 4.98 Å². The molecule has 0 saturated heterocycles. The van der Waals surface area contributed by atoms with Gasteiger partial charge in [-0.2, -0.15) is 5.10 Å². The predicted octanol–water partition coefficient (Wildman–Crippen LogP) is 3.35. The number of aryl methyl sites for hydroxylation is 1. The van der Waals surface area contributed by atoms with Crippen LogP contribution < -0.4 is 5.32 Å². The molecule has 0 aliphatic carbocycles. The smallest absolute Gasteiger partial charge is 0.255 e. The summed E-state index contributed by atoms with van der Waals surface area (Å²) in [4.78, 5) is 16.8. The Morgan fingerprint density at radius 2 is 1.96 bits per heavy atom. The summed E-state index contributed by atoms with van der Waals surface area (Å²) in [6.45, 7) is 1.99. The molecule has 0 radical (unpaired) electrons. The first-order chi connectivity index (χ1) is 12.2. The van der Waals surface area contributed by atoms with E-state index in [2.05, 4.69) is 20.5 Å². The lowest BCUT2D eigenvalue weighted by Crippen LogP contribution is -2.11. The van der Waals surface area contributed by atoms with Gasteiger partial charge in [0.15, 0.2) is 0 Å². The van der Waals surface area contributed by atoms with Gasteiger partial charge in [0, 0.05) is 29.2 Å². The average Bonchev–Trinajstić information content (AvgIpc) is 3.07. The number of nitrogens with one attached hydrogen (secondary N) is 1. The zero-order chi connectivity index (χ0) is 17.2. The number of hydrogen-bond acceptors (Lipinski definition) is 4. The van der Waals surface area contributed by atoms with Gasteiger partial charge in [-0.15, -0.1) is 5.10 Å². The number of carbonyl (C=O) groups excluding carboxylic acids is 1. The molecule has 0 fully saturated rings. The minimum atomic E-state index is -0.141. The number of fused-ring (bicyclic) bond motifs is 1. The van der Waals surface area contributed by atoms with Gasteiger partial charge in [0.05, 0.1) is 11.9 Å². The number of amides is 1. The monoisotopic (exact) mass is 329 g/mol. The first-order valence-corrected chi connectivity index (χ1v) is 7.84. The Hall–Kier alpha value is -3.54. The molecule has 0 spiro atoms. The van der Waals surface area contributed by atoms with Gasteiger partial charge in [0.1, 0.15) is 0 Å². The van der Waals surface area contributed by atoms with Crippen molar-refractivity contribution >= 4 is 17.4 Å². The molecule has 6 heteroatoms. The number of imidazole rings is 1. The SMILES string of the molecule is Cc1ccc(C(=O)Nc2cccc(-c3cn4ccnnc4n3)c2)cc1. The number of hydrogen-bond donors (Lipinski definition) is 1. The van der Waals surface area contributed by atoms with Crippen LogP contribution in [0.3, 0.4) is 0 Å². The number of carbonyl (C=O) groups is 1. The van der Waals surface area contributed by atoms with Gasteiger partial charge < -0.3 is 5.32 Å². The van der Waals surface area contributed by atoms with Gasteiger partial charge in [-0.1, -0.05) is 29.8 Å². The van der Waals surface area contributed by atoms with Crippen LogP contribution in [0.5, 0.6) is 0 Å². The second-order valence-corrected chi connectivity index (χ2v) is 5.75. The molecule has 4 aromatic rings. The van der Waals surface area contributed by atoms with E-state index in [-0.39, 0.29) is 5.91 Å². The maximum absolute atomic E-state index is 12.4. The second-order valence-electron chi connectivity index (χ2n) is 5.75. The lowest BCUT2D eigenvalue weighted by atomic mass is 10.1. The van der Waals surface area contributed by atoms with E-state index in [0.29, 0.717) is 17.0 Å². The van der Waals surface area contributed by atoms with Crippen LogP contribution in [0, 0.1) is 6.92 Å². The molecule has 0 atom stereocenters. The first kappa shape index (κ1) is 15.0. The van der Waals surface area contributed by atoms with E-state index in [9.17, 15) is 4.79 Å². The zero-order valence-corrected chi connectivity index (χ0v) is 13.5. The molecule has 0 aliphatic heterocycles. The fraction of sp³-hybridized carbons (Fsp3) is 0.0526. The Bertz CT molecular complexity index is 1020. The summed E-state index contributed by atoms with van der Waals surface area (Å²) < 4.78 is 1.81. The van der Waals surface area contributed by atoms with Crippen molar-refractivity contribution in [3.05, 3.63) is 78.2 Å². The minimum Gasteiger partial charge on any atom is -0.322 e. The van der Waals surface area contributed by atoms with Crippen molar-refractivity contribution in [1.82, 2.24) is 19.6 Å². The van der Waals surface area contributed by atoms with Gasteiger partial charge >= 0.3 is 0 Å². The normalized spacial score (nSPS) is 10.8. The predicted molar refractivity (Wildman–Crippen MR) is 95.4 cm³/mol. The molecule has 0 saturated carbocycles. The number of anilines is 1. The Morgan fingerprint density at radius 3 is 2.76 bits per heavy atom. The molecule has 0 bridgehead atoms. The molecular formula is C19H15N5O. The van der Waals surface area contributed by atoms with E-state index >= 15 is 0 Å². The largest absolute Gasteiger partial charge is 0.322 e. The van der Waals surface area contributed by atoms with Crippen LogP contribution in [0.1, 0.15) is 15.9 Å². The lowest BCUT2D eigenvalue weighted by Gasteiger charge is -2.07. The van der Waals surface area contributed by atoms with E-state index in [1.807, 2.05) is 61.7 Å². The lowest BCUT2D eigenvalue weighted by molar-refractivity contribution is 0.102. The van der Waals surface area contributed by atoms with Crippen LogP contribution in [0.4, 0.5) is 5.69 Å². The van der Waals surface area contributed by atoms with E-state index in [0.717, 1.165) is 16.8 Å². The summed E-state index contributed by atoms with van der Waals surface area (Å²) in [6, 6.07) is 15.0. The molecule has 1 N–H and O–H groups in total. The van der Waals surface area contributed by atoms with E-state index in [4.69, 9.17) is 0 Å². The molecule has 25 heavy (non-hydrogen) atoms. The van der Waals surface area contributed by atoms with Crippen molar-refractivity contribution in [2.75, 3.05) is 5.32 Å². The molecule has 0 aliphatic rings. The number of rotatable bonds is 3. The molecule has 2 heterocycles. The van der Waals surface area contributed by atoms with Gasteiger partial charge in [-0.3, -0.25) is 9.20 Å². The molecule has 2 aromatic heterocycles. The van der Waals surface area contributed by atoms with Crippen LogP contribution in [0.25, 0.3) is 17.0 Å². The summed E-state index contributed by atoms with van der Waals surface area (Å²) in [5.74, 6) is 0.393. The van der Waals surface area contributed by atoms with Crippen molar-refractivity contribution < 1.29 is 4.79 Å². The van der Waals surface area contributed by atoms with E-state index < -0.39 is 0 Å². The van der Waals surface area contributed by atoms with Gasteiger partial charge in [0.25, 0.3) is 11.7 Å². The number of aromatic nitrogens is 4. The van der Waals surface area contributed by atoms with Crippen LogP contribution in [-0.4, -0.2) is 25.5 Å². The Morgan fingerprint density at radius 1 is 1.12 bits per heavy atom. The summed E-state index contributed by atoms with van der Waals surface area (Å²) in [5.41, 5.74) is 4.12. The maximum Gasteiger partial charge on any atom is 0.255 e. The van der Waals surface area contributed by atoms with Crippen molar-refractivity contribution in [2.24, 2.45) is 0 Å². The van der Waals surface area contributed by atoms with Crippen molar-refractivity contribution in [2.45, 2.75) is 6.92 Å². The second kappa shape index (κ2) is 6.16. The fourth-order valence-electron chi connectivity index (χ4n) is 2.56. The highest BCUT2D eigenvalue weighted by molar-refractivity contribution is 6.04.